The van der Waals surface area contributed by atoms with Gasteiger partial charge in [-0.25, -0.2) is 4.39 Å². The lowest BCUT2D eigenvalue weighted by Crippen LogP contribution is -2.36. The van der Waals surface area contributed by atoms with Gasteiger partial charge in [0.05, 0.1) is 6.54 Å². The molecule has 0 radical (unpaired) electrons. The fourth-order valence-electron chi connectivity index (χ4n) is 4.62. The normalized spacial score (nSPS) is 15.9. The molecule has 0 N–H and O–H groups in total. The first kappa shape index (κ1) is 19.5. The van der Waals surface area contributed by atoms with Gasteiger partial charge in [-0.1, -0.05) is 73.7 Å². The molecular weight excluding hydrogens is 385 g/mol. The van der Waals surface area contributed by atoms with E-state index in [1.54, 1.807) is 12.1 Å². The Morgan fingerprint density at radius 1 is 0.871 bits per heavy atom. The van der Waals surface area contributed by atoms with E-state index in [4.69, 9.17) is 0 Å². The van der Waals surface area contributed by atoms with Crippen molar-refractivity contribution in [3.8, 4) is 0 Å². The maximum Gasteiger partial charge on any atom is 0.228 e. The van der Waals surface area contributed by atoms with Crippen LogP contribution in [0.25, 0.3) is 10.8 Å². The maximum absolute atomic E-state index is 13.4. The summed E-state index contributed by atoms with van der Waals surface area (Å²) in [4.78, 5) is 15.2. The molecular formula is C28H24FNO. The minimum atomic E-state index is -0.268. The Balaban J connectivity index is 1.64. The highest BCUT2D eigenvalue weighted by atomic mass is 19.1. The van der Waals surface area contributed by atoms with Gasteiger partial charge in [0.2, 0.25) is 5.91 Å². The summed E-state index contributed by atoms with van der Waals surface area (Å²) in [6.45, 7) is 2.58. The van der Waals surface area contributed by atoms with Crippen LogP contribution >= 0.6 is 0 Å². The molecule has 2 nitrogen and oxygen atoms in total. The fourth-order valence-corrected chi connectivity index (χ4v) is 4.62. The van der Waals surface area contributed by atoms with Crippen LogP contribution in [0.15, 0.2) is 84.9 Å². The van der Waals surface area contributed by atoms with E-state index in [-0.39, 0.29) is 17.6 Å². The van der Waals surface area contributed by atoms with Crippen molar-refractivity contribution in [1.29, 1.82) is 0 Å². The minimum absolute atomic E-state index is 0.0176. The number of amides is 1. The van der Waals surface area contributed by atoms with E-state index in [0.717, 1.165) is 17.7 Å². The molecule has 0 saturated heterocycles. The largest absolute Gasteiger partial charge is 0.308 e. The van der Waals surface area contributed by atoms with Crippen molar-refractivity contribution < 1.29 is 9.18 Å². The number of halogens is 1. The lowest BCUT2D eigenvalue weighted by atomic mass is 9.81. The number of aryl methyl sites for hydroxylation is 1. The van der Waals surface area contributed by atoms with E-state index in [2.05, 4.69) is 61.5 Å². The third kappa shape index (κ3) is 3.61. The number of nitrogens with zero attached hydrogens (tertiary/aromatic N) is 1. The molecule has 0 spiro atoms. The van der Waals surface area contributed by atoms with E-state index >= 15 is 0 Å². The van der Waals surface area contributed by atoms with Crippen molar-refractivity contribution >= 4 is 22.4 Å². The van der Waals surface area contributed by atoms with Crippen molar-refractivity contribution in [2.45, 2.75) is 32.2 Å². The molecule has 1 aliphatic heterocycles. The average Bonchev–Trinajstić information content (AvgIpc) is 2.81. The number of carbonyl (C=O) groups excluding carboxylic acids is 1. The number of rotatable bonds is 4. The molecule has 3 heteroatoms. The second kappa shape index (κ2) is 7.99. The minimum Gasteiger partial charge on any atom is -0.308 e. The molecule has 1 atom stereocenters. The van der Waals surface area contributed by atoms with E-state index in [1.165, 1.54) is 39.6 Å². The SMILES string of the molecule is CCc1ccc(C2CC(=O)N(Cc3ccc(F)cc3)c3ccc4ccccc4c32)cc1. The number of hydrogen-bond donors (Lipinski definition) is 0. The molecule has 31 heavy (non-hydrogen) atoms. The van der Waals surface area contributed by atoms with Gasteiger partial charge in [-0.15, -0.1) is 0 Å². The molecule has 5 rings (SSSR count). The molecule has 1 heterocycles. The molecule has 1 amide bonds. The zero-order valence-corrected chi connectivity index (χ0v) is 17.5. The van der Waals surface area contributed by atoms with Crippen molar-refractivity contribution in [3.05, 3.63) is 113 Å². The zero-order valence-electron chi connectivity index (χ0n) is 17.5. The first-order valence-corrected chi connectivity index (χ1v) is 10.8. The lowest BCUT2D eigenvalue weighted by Gasteiger charge is -2.35. The van der Waals surface area contributed by atoms with Crippen LogP contribution in [-0.2, 0) is 17.8 Å². The summed E-state index contributed by atoms with van der Waals surface area (Å²) in [5, 5.41) is 2.36. The molecule has 4 aromatic rings. The topological polar surface area (TPSA) is 20.3 Å². The molecule has 0 saturated carbocycles. The van der Waals surface area contributed by atoms with Gasteiger partial charge in [-0.2, -0.15) is 0 Å². The van der Waals surface area contributed by atoms with Crippen LogP contribution in [0.2, 0.25) is 0 Å². The lowest BCUT2D eigenvalue weighted by molar-refractivity contribution is -0.119. The standard InChI is InChI=1S/C28H24FNO/c1-2-19-7-11-22(12-8-19)25-17-27(31)30(18-20-9-14-23(29)15-10-20)26-16-13-21-5-3-4-6-24(21)28(25)26/h3-16,25H,2,17-18H2,1H3. The smallest absolute Gasteiger partial charge is 0.228 e. The highest BCUT2D eigenvalue weighted by Gasteiger charge is 2.33. The number of hydrogen-bond acceptors (Lipinski definition) is 1. The van der Waals surface area contributed by atoms with Crippen LogP contribution in [0.3, 0.4) is 0 Å². The third-order valence-electron chi connectivity index (χ3n) is 6.31. The van der Waals surface area contributed by atoms with Gasteiger partial charge in [0.1, 0.15) is 5.82 Å². The van der Waals surface area contributed by atoms with Gasteiger partial charge in [-0.05, 0) is 57.6 Å². The average molecular weight is 410 g/mol. The molecule has 154 valence electrons. The summed E-state index contributed by atoms with van der Waals surface area (Å²) in [7, 11) is 0. The van der Waals surface area contributed by atoms with Crippen LogP contribution in [0.1, 0.15) is 41.5 Å². The molecule has 4 aromatic carbocycles. The summed E-state index contributed by atoms with van der Waals surface area (Å²) in [6.07, 6.45) is 1.42. The van der Waals surface area contributed by atoms with Crippen LogP contribution in [0, 0.1) is 5.82 Å². The third-order valence-corrected chi connectivity index (χ3v) is 6.31. The Kier molecular flexibility index (Phi) is 5.03. The highest BCUT2D eigenvalue weighted by Crippen LogP contribution is 2.44. The Morgan fingerprint density at radius 3 is 2.32 bits per heavy atom. The van der Waals surface area contributed by atoms with E-state index in [9.17, 15) is 9.18 Å². The molecule has 0 bridgehead atoms. The Bertz CT molecular complexity index is 1240. The van der Waals surface area contributed by atoms with Crippen LogP contribution in [0.5, 0.6) is 0 Å². The fraction of sp³-hybridized carbons (Fsp3) is 0.179. The van der Waals surface area contributed by atoms with E-state index in [0.29, 0.717) is 13.0 Å². The second-order valence-corrected chi connectivity index (χ2v) is 8.18. The molecule has 0 aliphatic carbocycles. The van der Waals surface area contributed by atoms with E-state index < -0.39 is 0 Å². The number of benzene rings is 4. The van der Waals surface area contributed by atoms with Gasteiger partial charge in [0.15, 0.2) is 0 Å². The number of anilines is 1. The van der Waals surface area contributed by atoms with Crippen molar-refractivity contribution in [3.63, 3.8) is 0 Å². The molecule has 1 aliphatic rings. The van der Waals surface area contributed by atoms with E-state index in [1.807, 2.05) is 11.0 Å². The van der Waals surface area contributed by atoms with Gasteiger partial charge in [0, 0.05) is 18.0 Å². The maximum atomic E-state index is 13.4. The predicted octanol–water partition coefficient (Wildman–Crippen LogP) is 6.61. The first-order chi connectivity index (χ1) is 15.1. The van der Waals surface area contributed by atoms with Crippen molar-refractivity contribution in [2.24, 2.45) is 0 Å². The molecule has 1 unspecified atom stereocenters. The summed E-state index contributed by atoms with van der Waals surface area (Å²) >= 11 is 0. The predicted molar refractivity (Wildman–Crippen MR) is 124 cm³/mol. The van der Waals surface area contributed by atoms with Gasteiger partial charge < -0.3 is 4.90 Å². The van der Waals surface area contributed by atoms with Gasteiger partial charge in [-0.3, -0.25) is 4.79 Å². The van der Waals surface area contributed by atoms with Crippen LogP contribution in [-0.4, -0.2) is 5.91 Å². The Morgan fingerprint density at radius 2 is 1.58 bits per heavy atom. The number of carbonyl (C=O) groups is 1. The molecule has 0 aromatic heterocycles. The van der Waals surface area contributed by atoms with Crippen LogP contribution < -0.4 is 4.90 Å². The summed E-state index contributed by atoms with van der Waals surface area (Å²) in [6, 6.07) is 27.6. The van der Waals surface area contributed by atoms with Gasteiger partial charge >= 0.3 is 0 Å². The summed E-state index contributed by atoms with van der Waals surface area (Å²) in [5.41, 5.74) is 5.53. The first-order valence-electron chi connectivity index (χ1n) is 10.8. The molecule has 0 fully saturated rings. The van der Waals surface area contributed by atoms with Crippen LogP contribution in [0.4, 0.5) is 10.1 Å². The number of fused-ring (bicyclic) bond motifs is 3. The summed E-state index contributed by atoms with van der Waals surface area (Å²) < 4.78 is 13.4. The van der Waals surface area contributed by atoms with Crippen molar-refractivity contribution in [2.75, 3.05) is 4.90 Å². The van der Waals surface area contributed by atoms with Gasteiger partial charge in [0.25, 0.3) is 0 Å². The zero-order chi connectivity index (χ0) is 21.4. The quantitative estimate of drug-likeness (QED) is 0.371. The summed E-state index contributed by atoms with van der Waals surface area (Å²) in [5.74, 6) is -0.156. The highest BCUT2D eigenvalue weighted by molar-refractivity contribution is 6.03. The Hall–Kier alpha value is -3.46. The Labute approximate surface area is 181 Å². The monoisotopic (exact) mass is 409 g/mol. The second-order valence-electron chi connectivity index (χ2n) is 8.18. The van der Waals surface area contributed by atoms with Crippen molar-refractivity contribution in [1.82, 2.24) is 0 Å².